The average Bonchev–Trinajstić information content (AvgIpc) is 3.08. The first-order chi connectivity index (χ1) is 13.7. The Kier molecular flexibility index (Phi) is 4.98. The van der Waals surface area contributed by atoms with Crippen LogP contribution in [-0.4, -0.2) is 24.0 Å². The van der Waals surface area contributed by atoms with Crippen molar-refractivity contribution in [2.45, 2.75) is 25.9 Å². The number of aromatic nitrogens is 1. The number of amides is 1. The van der Waals surface area contributed by atoms with Crippen LogP contribution in [-0.2, 0) is 13.0 Å². The number of hydrogen-bond donors (Lipinski definition) is 1. The minimum Gasteiger partial charge on any atom is -0.497 e. The Morgan fingerprint density at radius 3 is 2.75 bits per heavy atom. The van der Waals surface area contributed by atoms with Crippen LogP contribution in [0.15, 0.2) is 66.9 Å². The molecular weight excluding hydrogens is 350 g/mol. The van der Waals surface area contributed by atoms with E-state index in [4.69, 9.17) is 4.74 Å². The molecule has 1 aliphatic heterocycles. The summed E-state index contributed by atoms with van der Waals surface area (Å²) in [6.07, 6.45) is 2.55. The largest absolute Gasteiger partial charge is 0.497 e. The number of para-hydroxylation sites is 1. The normalized spacial score (nSPS) is 15.2. The van der Waals surface area contributed by atoms with Gasteiger partial charge in [-0.05, 0) is 54.8 Å². The van der Waals surface area contributed by atoms with Crippen LogP contribution in [0.3, 0.4) is 0 Å². The van der Waals surface area contributed by atoms with Gasteiger partial charge in [0.2, 0.25) is 0 Å². The van der Waals surface area contributed by atoms with Crippen LogP contribution in [0.2, 0.25) is 0 Å². The van der Waals surface area contributed by atoms with Crippen molar-refractivity contribution >= 4 is 17.3 Å². The van der Waals surface area contributed by atoms with E-state index < -0.39 is 0 Å². The molecule has 5 nitrogen and oxygen atoms in total. The molecule has 2 heterocycles. The summed E-state index contributed by atoms with van der Waals surface area (Å²) >= 11 is 0. The molecule has 1 atom stereocenters. The minimum atomic E-state index is -0.0643. The lowest BCUT2D eigenvalue weighted by Gasteiger charge is -2.22. The maximum atomic E-state index is 13.1. The highest BCUT2D eigenvalue weighted by atomic mass is 16.5. The first kappa shape index (κ1) is 18.0. The molecule has 1 aliphatic rings. The highest BCUT2D eigenvalue weighted by molar-refractivity contribution is 6.06. The number of rotatable bonds is 5. The van der Waals surface area contributed by atoms with Crippen LogP contribution < -0.4 is 15.0 Å². The zero-order chi connectivity index (χ0) is 19.5. The van der Waals surface area contributed by atoms with E-state index in [1.807, 2.05) is 59.5 Å². The number of pyridine rings is 1. The number of nitrogens with one attached hydrogen (secondary N) is 1. The highest BCUT2D eigenvalue weighted by Crippen LogP contribution is 2.33. The first-order valence-corrected chi connectivity index (χ1v) is 9.40. The highest BCUT2D eigenvalue weighted by Gasteiger charge is 2.31. The Labute approximate surface area is 165 Å². The van der Waals surface area contributed by atoms with Crippen LogP contribution in [0, 0.1) is 0 Å². The standard InChI is InChI=1S/C23H23N3O2/c1-16-13-18-5-3-4-6-22(18)26(16)23(27)21-14-19(11-12-24-21)25-15-17-7-9-20(28-2)10-8-17/h3-12,14,16H,13,15H2,1-2H3,(H,24,25). The summed E-state index contributed by atoms with van der Waals surface area (Å²) in [5.74, 6) is 0.770. The number of benzene rings is 2. The van der Waals surface area contributed by atoms with Gasteiger partial charge in [-0.15, -0.1) is 0 Å². The van der Waals surface area contributed by atoms with E-state index in [2.05, 4.69) is 23.3 Å². The van der Waals surface area contributed by atoms with Gasteiger partial charge in [-0.3, -0.25) is 9.78 Å². The van der Waals surface area contributed by atoms with E-state index in [9.17, 15) is 4.79 Å². The van der Waals surface area contributed by atoms with E-state index in [1.54, 1.807) is 13.3 Å². The predicted octanol–water partition coefficient (Wildman–Crippen LogP) is 4.29. The monoisotopic (exact) mass is 373 g/mol. The van der Waals surface area contributed by atoms with E-state index in [0.717, 1.165) is 29.1 Å². The molecule has 0 saturated heterocycles. The number of fused-ring (bicyclic) bond motifs is 1. The summed E-state index contributed by atoms with van der Waals surface area (Å²) in [6.45, 7) is 2.73. The van der Waals surface area contributed by atoms with Gasteiger partial charge in [0.15, 0.2) is 0 Å². The number of methoxy groups -OCH3 is 1. The molecule has 2 aromatic carbocycles. The second kappa shape index (κ2) is 7.72. The maximum absolute atomic E-state index is 13.1. The van der Waals surface area contributed by atoms with Gasteiger partial charge < -0.3 is 15.0 Å². The van der Waals surface area contributed by atoms with E-state index in [0.29, 0.717) is 12.2 Å². The molecule has 0 aliphatic carbocycles. The fourth-order valence-corrected chi connectivity index (χ4v) is 3.60. The quantitative estimate of drug-likeness (QED) is 0.725. The Bertz CT molecular complexity index is 985. The first-order valence-electron chi connectivity index (χ1n) is 9.40. The van der Waals surface area contributed by atoms with Gasteiger partial charge in [-0.1, -0.05) is 30.3 Å². The Balaban J connectivity index is 1.49. The molecule has 0 radical (unpaired) electrons. The van der Waals surface area contributed by atoms with Crippen LogP contribution >= 0.6 is 0 Å². The second-order valence-corrected chi connectivity index (χ2v) is 6.99. The lowest BCUT2D eigenvalue weighted by Crippen LogP contribution is -2.36. The molecule has 0 fully saturated rings. The second-order valence-electron chi connectivity index (χ2n) is 6.99. The van der Waals surface area contributed by atoms with Crippen molar-refractivity contribution in [3.63, 3.8) is 0 Å². The third-order valence-corrected chi connectivity index (χ3v) is 5.06. The van der Waals surface area contributed by atoms with Gasteiger partial charge in [0.25, 0.3) is 5.91 Å². The molecule has 28 heavy (non-hydrogen) atoms. The number of nitrogens with zero attached hydrogens (tertiary/aromatic N) is 2. The molecule has 1 aromatic heterocycles. The van der Waals surface area contributed by atoms with Gasteiger partial charge in [0.05, 0.1) is 7.11 Å². The van der Waals surface area contributed by atoms with Crippen LogP contribution in [0.25, 0.3) is 0 Å². The number of anilines is 2. The number of carbonyl (C=O) groups is 1. The lowest BCUT2D eigenvalue weighted by molar-refractivity contribution is 0.0976. The summed E-state index contributed by atoms with van der Waals surface area (Å²) in [6, 6.07) is 19.8. The fraction of sp³-hybridized carbons (Fsp3) is 0.217. The number of hydrogen-bond acceptors (Lipinski definition) is 4. The third-order valence-electron chi connectivity index (χ3n) is 5.06. The fourth-order valence-electron chi connectivity index (χ4n) is 3.60. The van der Waals surface area contributed by atoms with E-state index in [1.165, 1.54) is 5.56 Å². The molecular formula is C23H23N3O2. The Morgan fingerprint density at radius 2 is 1.96 bits per heavy atom. The summed E-state index contributed by atoms with van der Waals surface area (Å²) < 4.78 is 5.19. The van der Waals surface area contributed by atoms with Crippen LogP contribution in [0.5, 0.6) is 5.75 Å². The molecule has 4 rings (SSSR count). The number of ether oxygens (including phenoxy) is 1. The molecule has 1 N–H and O–H groups in total. The van der Waals surface area contributed by atoms with Gasteiger partial charge in [-0.25, -0.2) is 0 Å². The van der Waals surface area contributed by atoms with Crippen LogP contribution in [0.1, 0.15) is 28.5 Å². The molecule has 1 amide bonds. The summed E-state index contributed by atoms with van der Waals surface area (Å²) in [4.78, 5) is 19.3. The van der Waals surface area contributed by atoms with Crippen molar-refractivity contribution in [3.8, 4) is 5.75 Å². The van der Waals surface area contributed by atoms with Gasteiger partial charge in [-0.2, -0.15) is 0 Å². The Hall–Kier alpha value is -3.34. The summed E-state index contributed by atoms with van der Waals surface area (Å²) in [5, 5.41) is 3.36. The molecule has 0 bridgehead atoms. The van der Waals surface area contributed by atoms with Crippen molar-refractivity contribution in [2.24, 2.45) is 0 Å². The minimum absolute atomic E-state index is 0.0643. The topological polar surface area (TPSA) is 54.5 Å². The zero-order valence-corrected chi connectivity index (χ0v) is 16.1. The molecule has 5 heteroatoms. The SMILES string of the molecule is COc1ccc(CNc2ccnc(C(=O)N3c4ccccc4CC3C)c2)cc1. The number of carbonyl (C=O) groups excluding carboxylic acids is 1. The molecule has 0 spiro atoms. The summed E-state index contributed by atoms with van der Waals surface area (Å²) in [7, 11) is 1.66. The third kappa shape index (κ3) is 3.56. The van der Waals surface area contributed by atoms with E-state index >= 15 is 0 Å². The average molecular weight is 373 g/mol. The molecule has 3 aromatic rings. The Morgan fingerprint density at radius 1 is 1.18 bits per heavy atom. The van der Waals surface area contributed by atoms with Gasteiger partial charge in [0.1, 0.15) is 11.4 Å². The summed E-state index contributed by atoms with van der Waals surface area (Å²) in [5.41, 5.74) is 4.64. The lowest BCUT2D eigenvalue weighted by atomic mass is 10.1. The predicted molar refractivity (Wildman–Crippen MR) is 111 cm³/mol. The van der Waals surface area contributed by atoms with E-state index in [-0.39, 0.29) is 11.9 Å². The van der Waals surface area contributed by atoms with Crippen molar-refractivity contribution in [2.75, 3.05) is 17.3 Å². The zero-order valence-electron chi connectivity index (χ0n) is 16.1. The molecule has 142 valence electrons. The molecule has 0 saturated carbocycles. The van der Waals surface area contributed by atoms with Crippen molar-refractivity contribution < 1.29 is 9.53 Å². The smallest absolute Gasteiger partial charge is 0.277 e. The van der Waals surface area contributed by atoms with Crippen molar-refractivity contribution in [1.29, 1.82) is 0 Å². The molecule has 1 unspecified atom stereocenters. The van der Waals surface area contributed by atoms with Crippen molar-refractivity contribution in [3.05, 3.63) is 83.7 Å². The van der Waals surface area contributed by atoms with Gasteiger partial charge >= 0.3 is 0 Å². The maximum Gasteiger partial charge on any atom is 0.277 e. The van der Waals surface area contributed by atoms with Gasteiger partial charge in [0, 0.05) is 30.2 Å². The van der Waals surface area contributed by atoms with Crippen LogP contribution in [0.4, 0.5) is 11.4 Å². The van der Waals surface area contributed by atoms with Crippen molar-refractivity contribution in [1.82, 2.24) is 4.98 Å².